The molecule has 0 aliphatic carbocycles. The van der Waals surface area contributed by atoms with E-state index < -0.39 is 0 Å². The van der Waals surface area contributed by atoms with Crippen LogP contribution in [-0.4, -0.2) is 44.9 Å². The molecule has 0 radical (unpaired) electrons. The third-order valence-electron chi connectivity index (χ3n) is 5.37. The van der Waals surface area contributed by atoms with Gasteiger partial charge in [-0.1, -0.05) is 19.9 Å². The molecule has 26 heavy (non-hydrogen) atoms. The van der Waals surface area contributed by atoms with Crippen LogP contribution >= 0.6 is 0 Å². The molecule has 3 N–H and O–H groups in total. The Balaban J connectivity index is 2.83. The van der Waals surface area contributed by atoms with Crippen LogP contribution < -0.4 is 15.5 Å². The first-order chi connectivity index (χ1) is 12.4. The minimum absolute atomic E-state index is 0.119. The molecule has 0 spiro atoms. The molecule has 148 valence electrons. The second-order valence-electron chi connectivity index (χ2n) is 7.23. The van der Waals surface area contributed by atoms with Crippen LogP contribution in [0, 0.1) is 12.3 Å². The van der Waals surface area contributed by atoms with Crippen molar-refractivity contribution < 1.29 is 5.11 Å². The predicted octanol–water partition coefficient (Wildman–Crippen LogP) is 3.30. The molecular formula is C21H38N4O. The molecule has 0 atom stereocenters. The van der Waals surface area contributed by atoms with Crippen molar-refractivity contribution in [2.75, 3.05) is 38.7 Å². The van der Waals surface area contributed by atoms with E-state index in [2.05, 4.69) is 75.5 Å². The summed E-state index contributed by atoms with van der Waals surface area (Å²) in [5.41, 5.74) is 3.82. The Morgan fingerprint density at radius 2 is 1.85 bits per heavy atom. The largest absolute Gasteiger partial charge is 0.396 e. The summed E-state index contributed by atoms with van der Waals surface area (Å²) in [6.45, 7) is 11.1. The average molecular weight is 363 g/mol. The van der Waals surface area contributed by atoms with Gasteiger partial charge in [0.05, 0.1) is 6.54 Å². The van der Waals surface area contributed by atoms with E-state index >= 15 is 0 Å². The van der Waals surface area contributed by atoms with Gasteiger partial charge in [-0.25, -0.2) is 4.99 Å². The van der Waals surface area contributed by atoms with Gasteiger partial charge in [-0.05, 0) is 61.8 Å². The second kappa shape index (κ2) is 11.1. The summed E-state index contributed by atoms with van der Waals surface area (Å²) in [5.74, 6) is 0.841. The Morgan fingerprint density at radius 1 is 1.15 bits per heavy atom. The highest BCUT2D eigenvalue weighted by atomic mass is 16.3. The molecule has 1 aromatic carbocycles. The lowest BCUT2D eigenvalue weighted by Gasteiger charge is -2.32. The SMILES string of the molecule is CCNC(=NCc1ccc(N(C)C)cc1C)NCC(CC)(CC)CCO. The smallest absolute Gasteiger partial charge is 0.191 e. The lowest BCUT2D eigenvalue weighted by molar-refractivity contribution is 0.169. The number of hydrogen-bond acceptors (Lipinski definition) is 3. The second-order valence-corrected chi connectivity index (χ2v) is 7.23. The molecule has 5 nitrogen and oxygen atoms in total. The number of guanidine groups is 1. The van der Waals surface area contributed by atoms with Gasteiger partial charge >= 0.3 is 0 Å². The van der Waals surface area contributed by atoms with Gasteiger partial charge in [-0.3, -0.25) is 0 Å². The molecule has 0 heterocycles. The van der Waals surface area contributed by atoms with Crippen LogP contribution in [0.2, 0.25) is 0 Å². The molecule has 1 aromatic rings. The maximum atomic E-state index is 9.40. The van der Waals surface area contributed by atoms with Crippen LogP contribution in [0.25, 0.3) is 0 Å². The molecule has 0 fully saturated rings. The van der Waals surface area contributed by atoms with Crippen molar-refractivity contribution in [3.8, 4) is 0 Å². The van der Waals surface area contributed by atoms with Gasteiger partial charge in [-0.15, -0.1) is 0 Å². The Bertz CT molecular complexity index is 565. The third-order valence-corrected chi connectivity index (χ3v) is 5.37. The summed E-state index contributed by atoms with van der Waals surface area (Å²) in [4.78, 5) is 6.88. The Hall–Kier alpha value is -1.75. The van der Waals surface area contributed by atoms with Gasteiger partial charge < -0.3 is 20.6 Å². The number of rotatable bonds is 10. The van der Waals surface area contributed by atoms with Crippen LogP contribution in [-0.2, 0) is 6.54 Å². The highest BCUT2D eigenvalue weighted by Crippen LogP contribution is 2.29. The zero-order valence-electron chi connectivity index (χ0n) is 17.5. The molecule has 5 heteroatoms. The van der Waals surface area contributed by atoms with E-state index in [1.54, 1.807) is 0 Å². The number of anilines is 1. The quantitative estimate of drug-likeness (QED) is 0.441. The zero-order chi connectivity index (χ0) is 19.6. The van der Waals surface area contributed by atoms with Gasteiger partial charge in [0.15, 0.2) is 5.96 Å². The molecular weight excluding hydrogens is 324 g/mol. The monoisotopic (exact) mass is 362 g/mol. The zero-order valence-corrected chi connectivity index (χ0v) is 17.5. The fourth-order valence-electron chi connectivity index (χ4n) is 3.09. The maximum absolute atomic E-state index is 9.40. The molecule has 0 amide bonds. The summed E-state index contributed by atoms with van der Waals surface area (Å²) >= 11 is 0. The normalized spacial score (nSPS) is 12.2. The predicted molar refractivity (Wildman–Crippen MR) is 113 cm³/mol. The number of aliphatic hydroxyl groups is 1. The highest BCUT2D eigenvalue weighted by molar-refractivity contribution is 5.79. The fourth-order valence-corrected chi connectivity index (χ4v) is 3.09. The summed E-state index contributed by atoms with van der Waals surface area (Å²) in [6, 6.07) is 6.50. The molecule has 0 aromatic heterocycles. The Kier molecular flexibility index (Phi) is 9.49. The fraction of sp³-hybridized carbons (Fsp3) is 0.667. The number of aliphatic imine (C=N–C) groups is 1. The average Bonchev–Trinajstić information content (AvgIpc) is 2.63. The highest BCUT2D eigenvalue weighted by Gasteiger charge is 2.25. The van der Waals surface area contributed by atoms with Crippen molar-refractivity contribution in [3.05, 3.63) is 29.3 Å². The Labute approximate surface area is 159 Å². The number of nitrogens with one attached hydrogen (secondary N) is 2. The van der Waals surface area contributed by atoms with Gasteiger partial charge in [0.25, 0.3) is 0 Å². The summed E-state index contributed by atoms with van der Waals surface area (Å²) in [6.07, 6.45) is 2.90. The van der Waals surface area contributed by atoms with E-state index in [1.807, 2.05) is 0 Å². The van der Waals surface area contributed by atoms with E-state index in [1.165, 1.54) is 16.8 Å². The maximum Gasteiger partial charge on any atom is 0.191 e. The van der Waals surface area contributed by atoms with Crippen LogP contribution in [0.3, 0.4) is 0 Å². The van der Waals surface area contributed by atoms with E-state index in [0.717, 1.165) is 38.3 Å². The van der Waals surface area contributed by atoms with Gasteiger partial charge in [0.2, 0.25) is 0 Å². The number of nitrogens with zero attached hydrogens (tertiary/aromatic N) is 2. The summed E-state index contributed by atoms with van der Waals surface area (Å²) in [5, 5.41) is 16.2. The molecule has 0 saturated carbocycles. The Morgan fingerprint density at radius 3 is 2.35 bits per heavy atom. The van der Waals surface area contributed by atoms with Crippen molar-refractivity contribution in [1.29, 1.82) is 0 Å². The van der Waals surface area contributed by atoms with Crippen LogP contribution in [0.4, 0.5) is 5.69 Å². The number of benzene rings is 1. The number of aryl methyl sites for hydroxylation is 1. The minimum Gasteiger partial charge on any atom is -0.396 e. The number of aliphatic hydroxyl groups excluding tert-OH is 1. The molecule has 0 unspecified atom stereocenters. The van der Waals surface area contributed by atoms with E-state index in [-0.39, 0.29) is 12.0 Å². The lowest BCUT2D eigenvalue weighted by Crippen LogP contribution is -2.43. The summed E-state index contributed by atoms with van der Waals surface area (Å²) < 4.78 is 0. The molecule has 1 rings (SSSR count). The van der Waals surface area contributed by atoms with Crippen LogP contribution in [0.5, 0.6) is 0 Å². The first-order valence-electron chi connectivity index (χ1n) is 9.81. The lowest BCUT2D eigenvalue weighted by atomic mass is 9.79. The first kappa shape index (κ1) is 22.3. The molecule has 0 aliphatic heterocycles. The van der Waals surface area contributed by atoms with E-state index in [9.17, 15) is 5.11 Å². The van der Waals surface area contributed by atoms with Crippen molar-refractivity contribution in [3.63, 3.8) is 0 Å². The van der Waals surface area contributed by atoms with Gasteiger partial charge in [0, 0.05) is 39.5 Å². The van der Waals surface area contributed by atoms with Crippen molar-refractivity contribution >= 4 is 11.6 Å². The molecule has 0 saturated heterocycles. The third kappa shape index (κ3) is 6.52. The van der Waals surface area contributed by atoms with Gasteiger partial charge in [-0.2, -0.15) is 0 Å². The summed E-state index contributed by atoms with van der Waals surface area (Å²) in [7, 11) is 4.11. The van der Waals surface area contributed by atoms with Crippen molar-refractivity contribution in [1.82, 2.24) is 10.6 Å². The van der Waals surface area contributed by atoms with Crippen LogP contribution in [0.15, 0.2) is 23.2 Å². The first-order valence-corrected chi connectivity index (χ1v) is 9.81. The molecule has 0 bridgehead atoms. The van der Waals surface area contributed by atoms with E-state index in [4.69, 9.17) is 4.99 Å². The van der Waals surface area contributed by atoms with Crippen molar-refractivity contribution in [2.24, 2.45) is 10.4 Å². The van der Waals surface area contributed by atoms with Gasteiger partial charge in [0.1, 0.15) is 0 Å². The van der Waals surface area contributed by atoms with Crippen molar-refractivity contribution in [2.45, 2.75) is 53.5 Å². The van der Waals surface area contributed by atoms with Crippen LogP contribution in [0.1, 0.15) is 51.2 Å². The minimum atomic E-state index is 0.119. The topological polar surface area (TPSA) is 59.9 Å². The number of hydrogen-bond donors (Lipinski definition) is 3. The van der Waals surface area contributed by atoms with E-state index in [0.29, 0.717) is 6.54 Å². The molecule has 0 aliphatic rings. The standard InChI is InChI=1S/C21H38N4O/c1-7-21(8-2,12-13-26)16-24-20(22-9-3)23-15-18-10-11-19(25(5)6)14-17(18)4/h10-11,14,26H,7-9,12-13,15-16H2,1-6H3,(H2,22,23,24).